The first-order valence-electron chi connectivity index (χ1n) is 9.84. The van der Waals surface area contributed by atoms with Gasteiger partial charge in [-0.25, -0.2) is 0 Å². The number of rotatable bonds is 7. The summed E-state index contributed by atoms with van der Waals surface area (Å²) < 4.78 is 1.88. The second-order valence-electron chi connectivity index (χ2n) is 7.33. The van der Waals surface area contributed by atoms with Gasteiger partial charge in [-0.15, -0.1) is 11.3 Å². The molecule has 0 bridgehead atoms. The number of aromatic nitrogens is 2. The molecule has 3 heterocycles. The Bertz CT molecular complexity index is 898. The Hall–Kier alpha value is -2.44. The molecule has 0 spiro atoms. The predicted octanol–water partition coefficient (Wildman–Crippen LogP) is 3.83. The second-order valence-corrected chi connectivity index (χ2v) is 8.28. The van der Waals surface area contributed by atoms with E-state index in [9.17, 15) is 4.79 Å². The van der Waals surface area contributed by atoms with Crippen LogP contribution >= 0.6 is 11.3 Å². The van der Waals surface area contributed by atoms with Gasteiger partial charge in [-0.1, -0.05) is 36.4 Å². The highest BCUT2D eigenvalue weighted by Gasteiger charge is 2.22. The fourth-order valence-corrected chi connectivity index (χ4v) is 4.35. The smallest absolute Gasteiger partial charge is 0.257 e. The molecule has 2 aromatic heterocycles. The summed E-state index contributed by atoms with van der Waals surface area (Å²) in [5, 5.41) is 6.78. The van der Waals surface area contributed by atoms with E-state index in [0.717, 1.165) is 36.8 Å². The van der Waals surface area contributed by atoms with Crippen molar-refractivity contribution in [2.24, 2.45) is 0 Å². The molecule has 0 saturated carbocycles. The second kappa shape index (κ2) is 8.71. The van der Waals surface area contributed by atoms with Gasteiger partial charge in [-0.2, -0.15) is 5.10 Å². The molecule has 1 fully saturated rings. The van der Waals surface area contributed by atoms with Gasteiger partial charge in [-0.3, -0.25) is 9.48 Å². The van der Waals surface area contributed by atoms with E-state index >= 15 is 0 Å². The normalized spacial score (nSPS) is 14.5. The standard InChI is InChI=1S/C22H26N4OS/c1-24(13-14-25-11-5-6-12-25)22(27)19-17-26(16-18-8-3-2-4-9-18)23-21(19)20-10-7-15-28-20/h2-4,7-10,15,17H,5-6,11-14,16H2,1H3. The lowest BCUT2D eigenvalue weighted by Crippen LogP contribution is -2.35. The van der Waals surface area contributed by atoms with Crippen LogP contribution in [-0.2, 0) is 6.54 Å². The quantitative estimate of drug-likeness (QED) is 0.612. The van der Waals surface area contributed by atoms with Crippen molar-refractivity contribution < 1.29 is 4.79 Å². The molecule has 1 aliphatic heterocycles. The average Bonchev–Trinajstić information content (AvgIpc) is 3.47. The minimum atomic E-state index is 0.0434. The van der Waals surface area contributed by atoms with E-state index in [1.54, 1.807) is 11.3 Å². The van der Waals surface area contributed by atoms with Crippen molar-refractivity contribution >= 4 is 17.2 Å². The van der Waals surface area contributed by atoms with Crippen LogP contribution in [0, 0.1) is 0 Å². The molecule has 1 saturated heterocycles. The zero-order valence-corrected chi connectivity index (χ0v) is 17.1. The summed E-state index contributed by atoms with van der Waals surface area (Å²) in [7, 11) is 1.89. The van der Waals surface area contributed by atoms with Gasteiger partial charge >= 0.3 is 0 Å². The molecule has 1 aliphatic rings. The van der Waals surface area contributed by atoms with Crippen LogP contribution in [0.25, 0.3) is 10.6 Å². The highest BCUT2D eigenvalue weighted by atomic mass is 32.1. The summed E-state index contributed by atoms with van der Waals surface area (Å²) >= 11 is 1.62. The zero-order chi connectivity index (χ0) is 19.3. The minimum absolute atomic E-state index is 0.0434. The zero-order valence-electron chi connectivity index (χ0n) is 16.3. The Labute approximate surface area is 170 Å². The van der Waals surface area contributed by atoms with E-state index in [0.29, 0.717) is 12.1 Å². The van der Waals surface area contributed by atoms with Crippen LogP contribution in [-0.4, -0.2) is 58.7 Å². The summed E-state index contributed by atoms with van der Waals surface area (Å²) in [4.78, 5) is 18.5. The van der Waals surface area contributed by atoms with Crippen LogP contribution in [0.3, 0.4) is 0 Å². The maximum Gasteiger partial charge on any atom is 0.257 e. The number of likely N-dealkylation sites (tertiary alicyclic amines) is 1. The third-order valence-corrected chi connectivity index (χ3v) is 6.11. The molecule has 28 heavy (non-hydrogen) atoms. The summed E-state index contributed by atoms with van der Waals surface area (Å²) in [6.45, 7) is 4.64. The molecule has 0 atom stereocenters. The monoisotopic (exact) mass is 394 g/mol. The highest BCUT2D eigenvalue weighted by molar-refractivity contribution is 7.13. The average molecular weight is 395 g/mol. The largest absolute Gasteiger partial charge is 0.340 e. The maximum absolute atomic E-state index is 13.2. The first kappa shape index (κ1) is 18.9. The fourth-order valence-electron chi connectivity index (χ4n) is 3.63. The molecule has 3 aromatic rings. The number of amides is 1. The van der Waals surface area contributed by atoms with E-state index < -0.39 is 0 Å². The Kier molecular flexibility index (Phi) is 5.88. The van der Waals surface area contributed by atoms with Crippen LogP contribution in [0.4, 0.5) is 0 Å². The summed E-state index contributed by atoms with van der Waals surface area (Å²) in [5.41, 5.74) is 2.63. The highest BCUT2D eigenvalue weighted by Crippen LogP contribution is 2.27. The number of hydrogen-bond donors (Lipinski definition) is 0. The third-order valence-electron chi connectivity index (χ3n) is 5.23. The topological polar surface area (TPSA) is 41.4 Å². The van der Waals surface area contributed by atoms with E-state index in [-0.39, 0.29) is 5.91 Å². The Balaban J connectivity index is 1.54. The molecular weight excluding hydrogens is 368 g/mol. The predicted molar refractivity (Wildman–Crippen MR) is 114 cm³/mol. The van der Waals surface area contributed by atoms with Crippen molar-refractivity contribution in [2.45, 2.75) is 19.4 Å². The Morgan fingerprint density at radius 1 is 1.14 bits per heavy atom. The van der Waals surface area contributed by atoms with E-state index in [2.05, 4.69) is 17.0 Å². The Morgan fingerprint density at radius 2 is 1.93 bits per heavy atom. The summed E-state index contributed by atoms with van der Waals surface area (Å²) in [6.07, 6.45) is 4.44. The van der Waals surface area contributed by atoms with Gasteiger partial charge in [0.05, 0.1) is 17.0 Å². The molecule has 6 heteroatoms. The van der Waals surface area contributed by atoms with Gasteiger partial charge < -0.3 is 9.80 Å². The lowest BCUT2D eigenvalue weighted by molar-refractivity contribution is 0.0783. The van der Waals surface area contributed by atoms with Crippen molar-refractivity contribution in [2.75, 3.05) is 33.2 Å². The fraction of sp³-hybridized carbons (Fsp3) is 0.364. The third kappa shape index (κ3) is 4.34. The first-order chi connectivity index (χ1) is 13.7. The molecule has 1 aromatic carbocycles. The molecule has 0 N–H and O–H groups in total. The number of carbonyl (C=O) groups is 1. The van der Waals surface area contributed by atoms with Crippen molar-refractivity contribution in [3.63, 3.8) is 0 Å². The molecule has 4 rings (SSSR count). The molecule has 0 unspecified atom stereocenters. The number of benzene rings is 1. The first-order valence-corrected chi connectivity index (χ1v) is 10.7. The van der Waals surface area contributed by atoms with Crippen molar-refractivity contribution in [1.29, 1.82) is 0 Å². The van der Waals surface area contributed by atoms with Crippen LogP contribution in [0.1, 0.15) is 28.8 Å². The van der Waals surface area contributed by atoms with Crippen molar-refractivity contribution in [3.8, 4) is 10.6 Å². The van der Waals surface area contributed by atoms with Gasteiger partial charge in [0, 0.05) is 26.3 Å². The van der Waals surface area contributed by atoms with Gasteiger partial charge in [-0.05, 0) is 42.9 Å². The SMILES string of the molecule is CN(CCN1CCCC1)C(=O)c1cn(Cc2ccccc2)nc1-c1cccs1. The molecular formula is C22H26N4OS. The van der Waals surface area contributed by atoms with Crippen LogP contribution in [0.5, 0.6) is 0 Å². The molecule has 5 nitrogen and oxygen atoms in total. The Morgan fingerprint density at radius 3 is 2.64 bits per heavy atom. The minimum Gasteiger partial charge on any atom is -0.340 e. The van der Waals surface area contributed by atoms with Gasteiger partial charge in [0.25, 0.3) is 5.91 Å². The lowest BCUT2D eigenvalue weighted by Gasteiger charge is -2.21. The van der Waals surface area contributed by atoms with E-state index in [1.807, 2.05) is 58.5 Å². The van der Waals surface area contributed by atoms with Crippen molar-refractivity contribution in [3.05, 3.63) is 65.2 Å². The van der Waals surface area contributed by atoms with E-state index in [1.165, 1.54) is 18.4 Å². The molecule has 146 valence electrons. The van der Waals surface area contributed by atoms with E-state index in [4.69, 9.17) is 5.10 Å². The van der Waals surface area contributed by atoms with Crippen LogP contribution < -0.4 is 0 Å². The molecule has 0 radical (unpaired) electrons. The number of thiophene rings is 1. The number of hydrogen-bond acceptors (Lipinski definition) is 4. The molecule has 0 aliphatic carbocycles. The van der Waals surface area contributed by atoms with Gasteiger partial charge in [0.1, 0.15) is 5.69 Å². The van der Waals surface area contributed by atoms with Gasteiger partial charge in [0.15, 0.2) is 0 Å². The summed E-state index contributed by atoms with van der Waals surface area (Å²) in [6, 6.07) is 14.2. The number of nitrogens with zero attached hydrogens (tertiary/aromatic N) is 4. The lowest BCUT2D eigenvalue weighted by atomic mass is 10.2. The number of carbonyl (C=O) groups excluding carboxylic acids is 1. The van der Waals surface area contributed by atoms with Crippen molar-refractivity contribution in [1.82, 2.24) is 19.6 Å². The van der Waals surface area contributed by atoms with Gasteiger partial charge in [0.2, 0.25) is 0 Å². The summed E-state index contributed by atoms with van der Waals surface area (Å²) in [5.74, 6) is 0.0434. The maximum atomic E-state index is 13.2. The van der Waals surface area contributed by atoms with Crippen LogP contribution in [0.2, 0.25) is 0 Å². The number of likely N-dealkylation sites (N-methyl/N-ethyl adjacent to an activating group) is 1. The van der Waals surface area contributed by atoms with Crippen LogP contribution in [0.15, 0.2) is 54.0 Å². The molecule has 1 amide bonds.